The third kappa shape index (κ3) is 6.97. The molecule has 2 rings (SSSR count). The van der Waals surface area contributed by atoms with E-state index in [4.69, 9.17) is 14.5 Å². The molecule has 0 saturated carbocycles. The summed E-state index contributed by atoms with van der Waals surface area (Å²) in [6, 6.07) is 6.30. The van der Waals surface area contributed by atoms with Crippen LogP contribution < -0.4 is 20.1 Å². The quantitative estimate of drug-likeness (QED) is 0.337. The van der Waals surface area contributed by atoms with Crippen LogP contribution in [0.25, 0.3) is 0 Å². The number of benzene rings is 1. The van der Waals surface area contributed by atoms with Crippen LogP contribution in [-0.2, 0) is 0 Å². The van der Waals surface area contributed by atoms with Gasteiger partial charge in [-0.15, -0.1) is 24.0 Å². The summed E-state index contributed by atoms with van der Waals surface area (Å²) in [6.07, 6.45) is 0. The molecule has 0 bridgehead atoms. The minimum atomic E-state index is 0. The van der Waals surface area contributed by atoms with Crippen molar-refractivity contribution in [1.82, 2.24) is 20.4 Å². The zero-order chi connectivity index (χ0) is 19.8. The Kier molecular flexibility index (Phi) is 10.9. The van der Waals surface area contributed by atoms with E-state index >= 15 is 0 Å². The van der Waals surface area contributed by atoms with E-state index < -0.39 is 0 Å². The van der Waals surface area contributed by atoms with Gasteiger partial charge in [0.2, 0.25) is 0 Å². The number of piperazine rings is 1. The molecule has 0 radical (unpaired) electrons. The number of rotatable bonds is 7. The fourth-order valence-corrected chi connectivity index (χ4v) is 3.28. The van der Waals surface area contributed by atoms with Crippen molar-refractivity contribution >= 4 is 29.9 Å². The van der Waals surface area contributed by atoms with E-state index in [1.807, 2.05) is 18.2 Å². The van der Waals surface area contributed by atoms with Crippen LogP contribution in [-0.4, -0.2) is 82.8 Å². The largest absolute Gasteiger partial charge is 0.497 e. The zero-order valence-electron chi connectivity index (χ0n) is 18.0. The molecule has 8 heteroatoms. The summed E-state index contributed by atoms with van der Waals surface area (Å²) >= 11 is 0. The Hall–Kier alpha value is -1.26. The van der Waals surface area contributed by atoms with Gasteiger partial charge in [-0.2, -0.15) is 0 Å². The Bertz CT molecular complexity index is 629. The van der Waals surface area contributed by atoms with Crippen molar-refractivity contribution in [3.8, 4) is 11.5 Å². The lowest BCUT2D eigenvalue weighted by Crippen LogP contribution is -2.51. The SMILES string of the molecule is CCNC(=NCC1CN(C)CCN1C)NC(C)c1cc(OC)ccc1OC.I. The molecule has 0 spiro atoms. The number of ether oxygens (including phenoxy) is 2. The maximum Gasteiger partial charge on any atom is 0.191 e. The van der Waals surface area contributed by atoms with Crippen molar-refractivity contribution < 1.29 is 9.47 Å². The summed E-state index contributed by atoms with van der Waals surface area (Å²) < 4.78 is 10.9. The molecule has 2 atom stereocenters. The molecule has 2 N–H and O–H groups in total. The fourth-order valence-electron chi connectivity index (χ4n) is 3.28. The lowest BCUT2D eigenvalue weighted by molar-refractivity contribution is 0.119. The second-order valence-electron chi connectivity index (χ2n) is 7.09. The second-order valence-corrected chi connectivity index (χ2v) is 7.09. The van der Waals surface area contributed by atoms with Gasteiger partial charge in [0, 0.05) is 37.8 Å². The molecule has 1 aromatic rings. The maximum absolute atomic E-state index is 5.52. The van der Waals surface area contributed by atoms with E-state index in [9.17, 15) is 0 Å². The molecule has 0 aliphatic carbocycles. The Morgan fingerprint density at radius 1 is 1.25 bits per heavy atom. The van der Waals surface area contributed by atoms with Crippen LogP contribution in [0.2, 0.25) is 0 Å². The summed E-state index contributed by atoms with van der Waals surface area (Å²) in [4.78, 5) is 9.60. The standard InChI is InChI=1S/C20H35N5O2.HI/c1-7-21-20(22-13-16-14-24(3)10-11-25(16)4)23-15(2)18-12-17(26-5)8-9-19(18)27-6;/h8-9,12,15-16H,7,10-11,13-14H2,1-6H3,(H2,21,22,23);1H. The number of hydrogen-bond acceptors (Lipinski definition) is 5. The Labute approximate surface area is 186 Å². The highest BCUT2D eigenvalue weighted by Crippen LogP contribution is 2.29. The van der Waals surface area contributed by atoms with Gasteiger partial charge in [0.15, 0.2) is 5.96 Å². The van der Waals surface area contributed by atoms with Crippen molar-refractivity contribution in [1.29, 1.82) is 0 Å². The summed E-state index contributed by atoms with van der Waals surface area (Å²) in [5.41, 5.74) is 1.04. The highest BCUT2D eigenvalue weighted by Gasteiger charge is 2.22. The number of guanidine groups is 1. The molecule has 0 amide bonds. The van der Waals surface area contributed by atoms with E-state index in [1.165, 1.54) is 0 Å². The molecule has 7 nitrogen and oxygen atoms in total. The van der Waals surface area contributed by atoms with E-state index in [1.54, 1.807) is 14.2 Å². The Morgan fingerprint density at radius 3 is 2.64 bits per heavy atom. The summed E-state index contributed by atoms with van der Waals surface area (Å²) in [5.74, 6) is 2.46. The van der Waals surface area contributed by atoms with Gasteiger partial charge in [0.25, 0.3) is 0 Å². The smallest absolute Gasteiger partial charge is 0.191 e. The number of methoxy groups -OCH3 is 2. The molecule has 1 heterocycles. The lowest BCUT2D eigenvalue weighted by Gasteiger charge is -2.37. The van der Waals surface area contributed by atoms with Crippen LogP contribution in [0.4, 0.5) is 0 Å². The molecule has 160 valence electrons. The maximum atomic E-state index is 5.52. The second kappa shape index (κ2) is 12.3. The van der Waals surface area contributed by atoms with E-state index in [-0.39, 0.29) is 30.0 Å². The molecule has 1 aromatic carbocycles. The lowest BCUT2D eigenvalue weighted by atomic mass is 10.1. The Balaban J connectivity index is 0.00000392. The predicted molar refractivity (Wildman–Crippen MR) is 126 cm³/mol. The predicted octanol–water partition coefficient (Wildman–Crippen LogP) is 2.18. The van der Waals surface area contributed by atoms with Crippen LogP contribution in [0.1, 0.15) is 25.5 Å². The van der Waals surface area contributed by atoms with Gasteiger partial charge in [0.05, 0.1) is 26.8 Å². The van der Waals surface area contributed by atoms with Gasteiger partial charge >= 0.3 is 0 Å². The molecule has 1 aliphatic heterocycles. The summed E-state index contributed by atoms with van der Waals surface area (Å²) in [6.45, 7) is 8.99. The van der Waals surface area contributed by atoms with E-state index in [0.29, 0.717) is 6.04 Å². The van der Waals surface area contributed by atoms with Gasteiger partial charge < -0.3 is 25.0 Å². The third-order valence-electron chi connectivity index (χ3n) is 5.04. The fraction of sp³-hybridized carbons (Fsp3) is 0.650. The number of halogens is 1. The van der Waals surface area contributed by atoms with Crippen molar-refractivity contribution in [2.24, 2.45) is 4.99 Å². The zero-order valence-corrected chi connectivity index (χ0v) is 20.3. The van der Waals surface area contributed by atoms with Gasteiger partial charge in [-0.1, -0.05) is 0 Å². The number of nitrogens with one attached hydrogen (secondary N) is 2. The average molecular weight is 505 g/mol. The molecule has 0 aromatic heterocycles. The normalized spacial score (nSPS) is 19.5. The van der Waals surface area contributed by atoms with Crippen LogP contribution in [0.3, 0.4) is 0 Å². The van der Waals surface area contributed by atoms with E-state index in [2.05, 4.69) is 48.4 Å². The minimum absolute atomic E-state index is 0. The van der Waals surface area contributed by atoms with Gasteiger partial charge in [0.1, 0.15) is 11.5 Å². The van der Waals surface area contributed by atoms with Crippen molar-refractivity contribution in [2.45, 2.75) is 25.9 Å². The number of likely N-dealkylation sites (N-methyl/N-ethyl adjacent to an activating group) is 2. The molecule has 1 aliphatic rings. The van der Waals surface area contributed by atoms with Crippen molar-refractivity contribution in [3.63, 3.8) is 0 Å². The molecule has 28 heavy (non-hydrogen) atoms. The van der Waals surface area contributed by atoms with Gasteiger partial charge in [-0.05, 0) is 46.1 Å². The number of hydrogen-bond donors (Lipinski definition) is 2. The number of nitrogens with zero attached hydrogens (tertiary/aromatic N) is 3. The Morgan fingerprint density at radius 2 is 2.00 bits per heavy atom. The highest BCUT2D eigenvalue weighted by molar-refractivity contribution is 14.0. The van der Waals surface area contributed by atoms with Crippen molar-refractivity contribution in [3.05, 3.63) is 23.8 Å². The van der Waals surface area contributed by atoms with Crippen molar-refractivity contribution in [2.75, 3.05) is 61.0 Å². The monoisotopic (exact) mass is 505 g/mol. The first-order valence-electron chi connectivity index (χ1n) is 9.64. The summed E-state index contributed by atoms with van der Waals surface area (Å²) in [5, 5.41) is 6.85. The first-order chi connectivity index (χ1) is 13.0. The van der Waals surface area contributed by atoms with Crippen LogP contribution in [0.15, 0.2) is 23.2 Å². The topological polar surface area (TPSA) is 61.4 Å². The first-order valence-corrected chi connectivity index (χ1v) is 9.64. The van der Waals surface area contributed by atoms with Crippen LogP contribution >= 0.6 is 24.0 Å². The molecule has 2 unspecified atom stereocenters. The molecular formula is C20H36IN5O2. The van der Waals surface area contributed by atoms with Gasteiger partial charge in [-0.25, -0.2) is 0 Å². The van der Waals surface area contributed by atoms with Crippen LogP contribution in [0.5, 0.6) is 11.5 Å². The minimum Gasteiger partial charge on any atom is -0.497 e. The van der Waals surface area contributed by atoms with Crippen LogP contribution in [0, 0.1) is 0 Å². The average Bonchev–Trinajstić information content (AvgIpc) is 2.68. The molecular weight excluding hydrogens is 469 g/mol. The third-order valence-corrected chi connectivity index (χ3v) is 5.04. The summed E-state index contributed by atoms with van der Waals surface area (Å²) in [7, 11) is 7.71. The van der Waals surface area contributed by atoms with E-state index in [0.717, 1.165) is 55.7 Å². The first kappa shape index (κ1) is 24.8. The molecule has 1 fully saturated rings. The number of aliphatic imine (C=N–C) groups is 1. The highest BCUT2D eigenvalue weighted by atomic mass is 127. The van der Waals surface area contributed by atoms with Gasteiger partial charge in [-0.3, -0.25) is 9.89 Å². The molecule has 1 saturated heterocycles.